The molecule has 0 heterocycles. The predicted octanol–water partition coefficient (Wildman–Crippen LogP) is 2.79. The van der Waals surface area contributed by atoms with Crippen LogP contribution >= 0.6 is 0 Å². The Morgan fingerprint density at radius 1 is 1.42 bits per heavy atom. The van der Waals surface area contributed by atoms with Crippen LogP contribution in [0.5, 0.6) is 5.75 Å². The molecule has 0 N–H and O–H groups in total. The molecule has 0 aromatic heterocycles. The quantitative estimate of drug-likeness (QED) is 0.674. The van der Waals surface area contributed by atoms with Crippen molar-refractivity contribution in [3.05, 3.63) is 29.6 Å². The Balaban J connectivity index is 2.87. The normalized spacial score (nSPS) is 9.92. The van der Waals surface area contributed by atoms with Gasteiger partial charge in [0.05, 0.1) is 7.11 Å². The van der Waals surface area contributed by atoms with Gasteiger partial charge in [-0.3, -0.25) is 0 Å². The lowest BCUT2D eigenvalue weighted by molar-refractivity contribution is 0.410. The molecule has 0 bridgehead atoms. The van der Waals surface area contributed by atoms with Gasteiger partial charge in [-0.2, -0.15) is 0 Å². The highest BCUT2D eigenvalue weighted by atomic mass is 19.1. The molecule has 0 saturated carbocycles. The van der Waals surface area contributed by atoms with Gasteiger partial charge in [0.25, 0.3) is 0 Å². The van der Waals surface area contributed by atoms with E-state index in [-0.39, 0.29) is 5.82 Å². The second-order valence-corrected chi connectivity index (χ2v) is 2.71. The van der Waals surface area contributed by atoms with Crippen LogP contribution in [0.2, 0.25) is 0 Å². The minimum Gasteiger partial charge on any atom is -0.497 e. The van der Waals surface area contributed by atoms with Gasteiger partial charge in [0.15, 0.2) is 0 Å². The van der Waals surface area contributed by atoms with Crippen LogP contribution < -0.4 is 4.74 Å². The van der Waals surface area contributed by atoms with E-state index in [1.54, 1.807) is 12.1 Å². The van der Waals surface area contributed by atoms with Gasteiger partial charge in [-0.15, -0.1) is 0 Å². The minimum absolute atomic E-state index is 0.170. The number of ether oxygens (including phenoxy) is 1. The summed E-state index contributed by atoms with van der Waals surface area (Å²) in [6.45, 7) is 2.03. The van der Waals surface area contributed by atoms with Gasteiger partial charge < -0.3 is 4.74 Å². The fourth-order valence-corrected chi connectivity index (χ4v) is 1.13. The summed E-state index contributed by atoms with van der Waals surface area (Å²) in [6.07, 6.45) is 1.75. The Morgan fingerprint density at radius 2 is 2.17 bits per heavy atom. The number of benzene rings is 1. The smallest absolute Gasteiger partial charge is 0.130 e. The van der Waals surface area contributed by atoms with Gasteiger partial charge in [0, 0.05) is 6.07 Å². The second-order valence-electron chi connectivity index (χ2n) is 2.71. The lowest BCUT2D eigenvalue weighted by atomic mass is 10.1. The predicted molar refractivity (Wildman–Crippen MR) is 46.9 cm³/mol. The Kier molecular flexibility index (Phi) is 3.09. The molecular formula is C10H13FO. The van der Waals surface area contributed by atoms with Crippen LogP contribution in [0.1, 0.15) is 18.9 Å². The van der Waals surface area contributed by atoms with Crippen LogP contribution in [0, 0.1) is 5.82 Å². The van der Waals surface area contributed by atoms with Crippen LogP contribution in [0.4, 0.5) is 4.39 Å². The molecule has 1 rings (SSSR count). The topological polar surface area (TPSA) is 9.23 Å². The average Bonchev–Trinajstić information content (AvgIpc) is 2.09. The zero-order chi connectivity index (χ0) is 8.97. The maximum atomic E-state index is 13.1. The number of aryl methyl sites for hydroxylation is 1. The van der Waals surface area contributed by atoms with Crippen LogP contribution in [-0.4, -0.2) is 7.11 Å². The van der Waals surface area contributed by atoms with E-state index in [0.717, 1.165) is 18.4 Å². The monoisotopic (exact) mass is 168 g/mol. The highest BCUT2D eigenvalue weighted by molar-refractivity contribution is 5.28. The fourth-order valence-electron chi connectivity index (χ4n) is 1.13. The first kappa shape index (κ1) is 9.04. The third kappa shape index (κ3) is 1.97. The first-order valence-corrected chi connectivity index (χ1v) is 4.10. The van der Waals surface area contributed by atoms with Crippen LogP contribution in [0.3, 0.4) is 0 Å². The fraction of sp³-hybridized carbons (Fsp3) is 0.400. The number of rotatable bonds is 3. The molecule has 0 radical (unpaired) electrons. The Labute approximate surface area is 72.2 Å². The molecule has 1 aromatic rings. The van der Waals surface area contributed by atoms with E-state index in [4.69, 9.17) is 4.74 Å². The molecule has 1 aromatic carbocycles. The van der Waals surface area contributed by atoms with Crippen molar-refractivity contribution < 1.29 is 9.13 Å². The third-order valence-electron chi connectivity index (χ3n) is 1.78. The van der Waals surface area contributed by atoms with Crippen molar-refractivity contribution in [3.63, 3.8) is 0 Å². The van der Waals surface area contributed by atoms with E-state index in [0.29, 0.717) is 5.75 Å². The van der Waals surface area contributed by atoms with E-state index < -0.39 is 0 Å². The molecule has 0 aliphatic heterocycles. The van der Waals surface area contributed by atoms with Gasteiger partial charge in [0.2, 0.25) is 0 Å². The molecule has 0 spiro atoms. The number of methoxy groups -OCH3 is 1. The molecule has 0 aliphatic rings. The zero-order valence-electron chi connectivity index (χ0n) is 7.43. The second kappa shape index (κ2) is 4.10. The van der Waals surface area contributed by atoms with Crippen LogP contribution in [0.15, 0.2) is 18.2 Å². The summed E-state index contributed by atoms with van der Waals surface area (Å²) >= 11 is 0. The zero-order valence-corrected chi connectivity index (χ0v) is 7.43. The molecule has 12 heavy (non-hydrogen) atoms. The molecule has 0 unspecified atom stereocenters. The SMILES string of the molecule is CCCc1ccc(OC)cc1F. The summed E-state index contributed by atoms with van der Waals surface area (Å²) in [5.41, 5.74) is 0.762. The van der Waals surface area contributed by atoms with Crippen molar-refractivity contribution in [1.82, 2.24) is 0 Å². The van der Waals surface area contributed by atoms with Gasteiger partial charge in [-0.25, -0.2) is 4.39 Å². The Morgan fingerprint density at radius 3 is 2.67 bits per heavy atom. The van der Waals surface area contributed by atoms with Crippen molar-refractivity contribution in [3.8, 4) is 5.75 Å². The number of hydrogen-bond donors (Lipinski definition) is 0. The largest absolute Gasteiger partial charge is 0.497 e. The lowest BCUT2D eigenvalue weighted by Gasteiger charge is -2.03. The van der Waals surface area contributed by atoms with Crippen molar-refractivity contribution >= 4 is 0 Å². The van der Waals surface area contributed by atoms with Crippen molar-refractivity contribution in [1.29, 1.82) is 0 Å². The number of halogens is 1. The van der Waals surface area contributed by atoms with Gasteiger partial charge in [-0.05, 0) is 18.1 Å². The third-order valence-corrected chi connectivity index (χ3v) is 1.78. The van der Waals surface area contributed by atoms with Gasteiger partial charge >= 0.3 is 0 Å². The van der Waals surface area contributed by atoms with Crippen LogP contribution in [-0.2, 0) is 6.42 Å². The minimum atomic E-state index is -0.170. The number of hydrogen-bond acceptors (Lipinski definition) is 1. The van der Waals surface area contributed by atoms with Crippen LogP contribution in [0.25, 0.3) is 0 Å². The van der Waals surface area contributed by atoms with E-state index in [1.165, 1.54) is 13.2 Å². The summed E-state index contributed by atoms with van der Waals surface area (Å²) in [5, 5.41) is 0. The summed E-state index contributed by atoms with van der Waals surface area (Å²) in [5.74, 6) is 0.406. The summed E-state index contributed by atoms with van der Waals surface area (Å²) < 4.78 is 18.0. The summed E-state index contributed by atoms with van der Waals surface area (Å²) in [6, 6.07) is 4.98. The maximum Gasteiger partial charge on any atom is 0.130 e. The van der Waals surface area contributed by atoms with Crippen molar-refractivity contribution in [2.75, 3.05) is 7.11 Å². The van der Waals surface area contributed by atoms with Crippen molar-refractivity contribution in [2.45, 2.75) is 19.8 Å². The first-order chi connectivity index (χ1) is 5.77. The molecule has 0 fully saturated rings. The molecule has 66 valence electrons. The molecular weight excluding hydrogens is 155 g/mol. The van der Waals surface area contributed by atoms with Gasteiger partial charge in [-0.1, -0.05) is 19.4 Å². The van der Waals surface area contributed by atoms with E-state index >= 15 is 0 Å². The standard InChI is InChI=1S/C10H13FO/c1-3-4-8-5-6-9(12-2)7-10(8)11/h5-7H,3-4H2,1-2H3. The molecule has 1 nitrogen and oxygen atoms in total. The molecule has 0 amide bonds. The highest BCUT2D eigenvalue weighted by Gasteiger charge is 2.01. The molecule has 0 saturated heterocycles. The molecule has 0 atom stereocenters. The van der Waals surface area contributed by atoms with Gasteiger partial charge in [0.1, 0.15) is 11.6 Å². The molecule has 0 aliphatic carbocycles. The Bertz CT molecular complexity index is 258. The maximum absolute atomic E-state index is 13.1. The highest BCUT2D eigenvalue weighted by Crippen LogP contribution is 2.16. The van der Waals surface area contributed by atoms with E-state index in [1.807, 2.05) is 6.92 Å². The summed E-state index contributed by atoms with van der Waals surface area (Å²) in [4.78, 5) is 0. The first-order valence-electron chi connectivity index (χ1n) is 4.10. The van der Waals surface area contributed by atoms with Crippen molar-refractivity contribution in [2.24, 2.45) is 0 Å². The Hall–Kier alpha value is -1.05. The summed E-state index contributed by atoms with van der Waals surface area (Å²) in [7, 11) is 1.54. The van der Waals surface area contributed by atoms with E-state index in [2.05, 4.69) is 0 Å². The van der Waals surface area contributed by atoms with E-state index in [9.17, 15) is 4.39 Å². The lowest BCUT2D eigenvalue weighted by Crippen LogP contribution is -1.91. The average molecular weight is 168 g/mol. The molecule has 2 heteroatoms.